The van der Waals surface area contributed by atoms with Gasteiger partial charge in [0.05, 0.1) is 12.6 Å². The summed E-state index contributed by atoms with van der Waals surface area (Å²) < 4.78 is 0. The molecule has 0 radical (unpaired) electrons. The van der Waals surface area contributed by atoms with Crippen LogP contribution in [-0.4, -0.2) is 6.54 Å². The van der Waals surface area contributed by atoms with Crippen molar-refractivity contribution < 1.29 is 0 Å². The molecule has 0 bridgehead atoms. The molecule has 2 aromatic rings. The van der Waals surface area contributed by atoms with Crippen LogP contribution in [-0.2, 0) is 13.1 Å². The summed E-state index contributed by atoms with van der Waals surface area (Å²) in [5.74, 6) is 0. The number of hydrogen-bond donors (Lipinski definition) is 2. The summed E-state index contributed by atoms with van der Waals surface area (Å²) in [6, 6.07) is 18.6. The van der Waals surface area contributed by atoms with Crippen molar-refractivity contribution in [3.8, 4) is 6.07 Å². The second kappa shape index (κ2) is 11.5. The Bertz CT molecular complexity index is 551. The molecule has 3 N–H and O–H groups in total. The van der Waals surface area contributed by atoms with Gasteiger partial charge < -0.3 is 11.1 Å². The number of hydrogen-bond acceptors (Lipinski definition) is 3. The van der Waals surface area contributed by atoms with Crippen molar-refractivity contribution in [3.63, 3.8) is 0 Å². The van der Waals surface area contributed by atoms with Crippen LogP contribution in [0.25, 0.3) is 0 Å². The van der Waals surface area contributed by atoms with Gasteiger partial charge in [0.2, 0.25) is 0 Å². The van der Waals surface area contributed by atoms with Crippen LogP contribution in [0.4, 0.5) is 0 Å². The molecule has 0 aromatic heterocycles. The molecule has 0 atom stereocenters. The minimum absolute atomic E-state index is 0. The van der Waals surface area contributed by atoms with Gasteiger partial charge >= 0.3 is 0 Å². The van der Waals surface area contributed by atoms with Crippen molar-refractivity contribution >= 4 is 0 Å². The van der Waals surface area contributed by atoms with Gasteiger partial charge in [-0.25, -0.2) is 0 Å². The molecule has 0 aliphatic rings. The van der Waals surface area contributed by atoms with Gasteiger partial charge in [-0.15, -0.1) is 0 Å². The number of aryl methyl sites for hydroxylation is 2. The van der Waals surface area contributed by atoms with Gasteiger partial charge in [-0.1, -0.05) is 67.1 Å². The SMILES string of the molecule is C.Cc1ccc(CN)cc1.Cc1ccc(CNCC#N)cc1. The molecular weight excluding hydrogens is 270 g/mol. The summed E-state index contributed by atoms with van der Waals surface area (Å²) in [7, 11) is 0. The molecule has 0 fully saturated rings. The summed E-state index contributed by atoms with van der Waals surface area (Å²) in [6.45, 7) is 5.95. The van der Waals surface area contributed by atoms with Crippen molar-refractivity contribution in [3.05, 3.63) is 70.8 Å². The van der Waals surface area contributed by atoms with E-state index in [2.05, 4.69) is 67.7 Å². The van der Waals surface area contributed by atoms with E-state index in [1.807, 2.05) is 6.07 Å². The summed E-state index contributed by atoms with van der Waals surface area (Å²) >= 11 is 0. The quantitative estimate of drug-likeness (QED) is 0.668. The molecule has 0 spiro atoms. The number of rotatable bonds is 4. The molecule has 2 rings (SSSR count). The topological polar surface area (TPSA) is 61.8 Å². The van der Waals surface area contributed by atoms with Crippen LogP contribution in [0.3, 0.4) is 0 Å². The smallest absolute Gasteiger partial charge is 0.0843 e. The number of nitrogens with zero attached hydrogens (tertiary/aromatic N) is 1. The van der Waals surface area contributed by atoms with Gasteiger partial charge in [0, 0.05) is 13.1 Å². The van der Waals surface area contributed by atoms with E-state index in [4.69, 9.17) is 11.0 Å². The van der Waals surface area contributed by atoms with Gasteiger partial charge in [-0.3, -0.25) is 0 Å². The highest BCUT2D eigenvalue weighted by molar-refractivity contribution is 5.21. The number of benzene rings is 2. The second-order valence-corrected chi connectivity index (χ2v) is 4.94. The van der Waals surface area contributed by atoms with Crippen LogP contribution in [0.15, 0.2) is 48.5 Å². The zero-order valence-electron chi connectivity index (χ0n) is 12.8. The summed E-state index contributed by atoms with van der Waals surface area (Å²) in [5.41, 5.74) is 10.4. The maximum Gasteiger partial charge on any atom is 0.0843 e. The lowest BCUT2D eigenvalue weighted by Gasteiger charge is -2.00. The zero-order chi connectivity index (χ0) is 15.5. The third kappa shape index (κ3) is 8.21. The van der Waals surface area contributed by atoms with Crippen molar-refractivity contribution in [2.24, 2.45) is 5.73 Å². The van der Waals surface area contributed by atoms with Crippen molar-refractivity contribution in [2.75, 3.05) is 6.54 Å². The zero-order valence-corrected chi connectivity index (χ0v) is 12.8. The predicted molar refractivity (Wildman–Crippen MR) is 94.3 cm³/mol. The van der Waals surface area contributed by atoms with E-state index in [1.165, 1.54) is 22.3 Å². The van der Waals surface area contributed by atoms with Crippen LogP contribution >= 0.6 is 0 Å². The fraction of sp³-hybridized carbons (Fsp3) is 0.316. The van der Waals surface area contributed by atoms with E-state index < -0.39 is 0 Å². The molecule has 3 heteroatoms. The highest BCUT2D eigenvalue weighted by Crippen LogP contribution is 2.02. The molecule has 118 valence electrons. The normalized spacial score (nSPS) is 9.00. The monoisotopic (exact) mass is 297 g/mol. The maximum absolute atomic E-state index is 8.28. The molecule has 3 nitrogen and oxygen atoms in total. The highest BCUT2D eigenvalue weighted by atomic mass is 14.8. The molecule has 0 heterocycles. The van der Waals surface area contributed by atoms with Crippen LogP contribution in [0, 0.1) is 25.2 Å². The lowest BCUT2D eigenvalue weighted by Crippen LogP contribution is -2.12. The minimum atomic E-state index is 0. The minimum Gasteiger partial charge on any atom is -0.326 e. The molecule has 0 aliphatic heterocycles. The fourth-order valence-corrected chi connectivity index (χ4v) is 1.69. The summed E-state index contributed by atoms with van der Waals surface area (Å²) in [5, 5.41) is 11.3. The van der Waals surface area contributed by atoms with Gasteiger partial charge in [0.25, 0.3) is 0 Å². The first-order valence-corrected chi connectivity index (χ1v) is 7.04. The first-order chi connectivity index (χ1) is 10.2. The Kier molecular flexibility index (Phi) is 10.4. The molecule has 0 saturated heterocycles. The Balaban J connectivity index is 0.000000397. The van der Waals surface area contributed by atoms with Gasteiger partial charge in [0.1, 0.15) is 0 Å². The van der Waals surface area contributed by atoms with E-state index >= 15 is 0 Å². The lowest BCUT2D eigenvalue weighted by molar-refractivity contribution is 0.765. The Labute approximate surface area is 134 Å². The third-order valence-electron chi connectivity index (χ3n) is 3.01. The van der Waals surface area contributed by atoms with Crippen LogP contribution < -0.4 is 11.1 Å². The molecule has 0 saturated carbocycles. The van der Waals surface area contributed by atoms with Crippen molar-refractivity contribution in [1.29, 1.82) is 5.26 Å². The molecule has 2 aromatic carbocycles. The average molecular weight is 297 g/mol. The number of nitrogens with one attached hydrogen (secondary N) is 1. The van der Waals surface area contributed by atoms with E-state index in [9.17, 15) is 0 Å². The van der Waals surface area contributed by atoms with Crippen LogP contribution in [0.5, 0.6) is 0 Å². The maximum atomic E-state index is 8.28. The first kappa shape index (κ1) is 19.9. The summed E-state index contributed by atoms with van der Waals surface area (Å²) in [4.78, 5) is 0. The van der Waals surface area contributed by atoms with Gasteiger partial charge in [0.15, 0.2) is 0 Å². The molecule has 0 amide bonds. The predicted octanol–water partition coefficient (Wildman–Crippen LogP) is 3.70. The van der Waals surface area contributed by atoms with Crippen LogP contribution in [0.1, 0.15) is 29.7 Å². The van der Waals surface area contributed by atoms with Crippen molar-refractivity contribution in [2.45, 2.75) is 34.4 Å². The Morgan fingerprint density at radius 2 is 1.36 bits per heavy atom. The molecule has 0 aliphatic carbocycles. The standard InChI is InChI=1S/C10H12N2.C8H11N.CH4/c1-9-2-4-10(5-3-9)8-12-7-6-11;1-7-2-4-8(6-9)5-3-7;/h2-5,12H,7-8H2,1H3;2-5H,6,9H2,1H3;1H4. The van der Waals surface area contributed by atoms with Crippen LogP contribution in [0.2, 0.25) is 0 Å². The van der Waals surface area contributed by atoms with Crippen molar-refractivity contribution in [1.82, 2.24) is 5.32 Å². The third-order valence-corrected chi connectivity index (χ3v) is 3.01. The molecular formula is C19H27N3. The first-order valence-electron chi connectivity index (χ1n) is 7.04. The van der Waals surface area contributed by atoms with E-state index in [0.717, 1.165) is 6.54 Å². The number of nitriles is 1. The molecule has 0 unspecified atom stereocenters. The Morgan fingerprint density at radius 1 is 0.909 bits per heavy atom. The summed E-state index contributed by atoms with van der Waals surface area (Å²) in [6.07, 6.45) is 0. The van der Waals surface area contributed by atoms with Gasteiger partial charge in [-0.05, 0) is 25.0 Å². The lowest BCUT2D eigenvalue weighted by atomic mass is 10.1. The highest BCUT2D eigenvalue weighted by Gasteiger charge is 1.90. The molecule has 22 heavy (non-hydrogen) atoms. The Hall–Kier alpha value is -2.15. The number of nitrogens with two attached hydrogens (primary N) is 1. The Morgan fingerprint density at radius 3 is 1.77 bits per heavy atom. The second-order valence-electron chi connectivity index (χ2n) is 4.94. The average Bonchev–Trinajstić information content (AvgIpc) is 2.51. The van der Waals surface area contributed by atoms with E-state index in [1.54, 1.807) is 0 Å². The van der Waals surface area contributed by atoms with E-state index in [0.29, 0.717) is 13.1 Å². The van der Waals surface area contributed by atoms with Gasteiger partial charge in [-0.2, -0.15) is 5.26 Å². The fourth-order valence-electron chi connectivity index (χ4n) is 1.69. The largest absolute Gasteiger partial charge is 0.326 e. The van der Waals surface area contributed by atoms with E-state index in [-0.39, 0.29) is 7.43 Å².